The van der Waals surface area contributed by atoms with E-state index in [1.165, 1.54) is 0 Å². The van der Waals surface area contributed by atoms with E-state index in [0.717, 1.165) is 12.8 Å². The molecule has 1 aliphatic rings. The lowest BCUT2D eigenvalue weighted by atomic mass is 10.1. The van der Waals surface area contributed by atoms with E-state index in [1.807, 2.05) is 19.4 Å². The minimum atomic E-state index is -2.15. The summed E-state index contributed by atoms with van der Waals surface area (Å²) in [6.07, 6.45) is 6.01. The van der Waals surface area contributed by atoms with Gasteiger partial charge in [-0.25, -0.2) is 0 Å². The molecule has 1 rings (SSSR count). The standard InChI is InChI=1S/C10H20O2P2/c1-13(2,11)9-7-5-6-8-10(9)14(3,4)12/h5,7,9-10H,6,8H2,1-4H3/t9-,10-/m1/s1. The maximum absolute atomic E-state index is 12.1. The van der Waals surface area contributed by atoms with Crippen molar-refractivity contribution in [1.82, 2.24) is 0 Å². The van der Waals surface area contributed by atoms with Crippen molar-refractivity contribution in [3.8, 4) is 0 Å². The van der Waals surface area contributed by atoms with Gasteiger partial charge in [0.05, 0.1) is 14.3 Å². The summed E-state index contributed by atoms with van der Waals surface area (Å²) in [7, 11) is -4.27. The lowest BCUT2D eigenvalue weighted by molar-refractivity contribution is 0.550. The molecule has 0 unspecified atom stereocenters. The molecule has 0 saturated carbocycles. The Morgan fingerprint density at radius 3 is 2.00 bits per heavy atom. The molecule has 1 aliphatic carbocycles. The normalized spacial score (nSPS) is 29.1. The molecule has 0 aliphatic heterocycles. The lowest BCUT2D eigenvalue weighted by Gasteiger charge is -2.33. The molecule has 0 aromatic carbocycles. The highest BCUT2D eigenvalue weighted by molar-refractivity contribution is 7.67. The molecule has 2 atom stereocenters. The molecule has 0 heterocycles. The summed E-state index contributed by atoms with van der Waals surface area (Å²) in [5.41, 5.74) is 0.172. The van der Waals surface area contributed by atoms with Crippen LogP contribution in [0.2, 0.25) is 0 Å². The van der Waals surface area contributed by atoms with E-state index in [2.05, 4.69) is 6.08 Å². The number of rotatable bonds is 2. The van der Waals surface area contributed by atoms with Crippen molar-refractivity contribution in [2.24, 2.45) is 0 Å². The second-order valence-corrected chi connectivity index (χ2v) is 11.9. The van der Waals surface area contributed by atoms with Gasteiger partial charge in [-0.05, 0) is 39.5 Å². The van der Waals surface area contributed by atoms with Gasteiger partial charge in [-0.2, -0.15) is 0 Å². The quantitative estimate of drug-likeness (QED) is 0.542. The molecule has 2 nitrogen and oxygen atoms in total. The Bertz CT molecular complexity index is 321. The third-order valence-corrected chi connectivity index (χ3v) is 7.25. The lowest BCUT2D eigenvalue weighted by Crippen LogP contribution is -2.26. The van der Waals surface area contributed by atoms with Gasteiger partial charge in [0.1, 0.15) is 0 Å². The van der Waals surface area contributed by atoms with Crippen molar-refractivity contribution in [2.75, 3.05) is 26.7 Å². The van der Waals surface area contributed by atoms with Gasteiger partial charge in [0.2, 0.25) is 0 Å². The first kappa shape index (κ1) is 12.3. The molecular weight excluding hydrogens is 214 g/mol. The molecule has 0 amide bonds. The fourth-order valence-corrected chi connectivity index (χ4v) is 7.15. The average molecular weight is 234 g/mol. The zero-order chi connectivity index (χ0) is 11.0. The second kappa shape index (κ2) is 3.99. The zero-order valence-electron chi connectivity index (χ0n) is 9.43. The van der Waals surface area contributed by atoms with Crippen molar-refractivity contribution in [3.63, 3.8) is 0 Å². The fourth-order valence-electron chi connectivity index (χ4n) is 2.10. The molecule has 0 aromatic rings. The van der Waals surface area contributed by atoms with E-state index >= 15 is 0 Å². The van der Waals surface area contributed by atoms with Crippen molar-refractivity contribution in [1.29, 1.82) is 0 Å². The van der Waals surface area contributed by atoms with Crippen LogP contribution < -0.4 is 0 Å². The summed E-state index contributed by atoms with van der Waals surface area (Å²) in [6, 6.07) is 0. The van der Waals surface area contributed by atoms with Crippen LogP contribution in [0.5, 0.6) is 0 Å². The monoisotopic (exact) mass is 234 g/mol. The summed E-state index contributed by atoms with van der Waals surface area (Å²) < 4.78 is 24.1. The van der Waals surface area contributed by atoms with Gasteiger partial charge in [-0.3, -0.25) is 0 Å². The molecule has 82 valence electrons. The van der Waals surface area contributed by atoms with Gasteiger partial charge in [-0.1, -0.05) is 12.2 Å². The van der Waals surface area contributed by atoms with Crippen LogP contribution in [0.3, 0.4) is 0 Å². The van der Waals surface area contributed by atoms with Crippen LogP contribution in [0.25, 0.3) is 0 Å². The third kappa shape index (κ3) is 2.84. The van der Waals surface area contributed by atoms with Crippen LogP contribution >= 0.6 is 14.3 Å². The van der Waals surface area contributed by atoms with Crippen molar-refractivity contribution in [3.05, 3.63) is 12.2 Å². The van der Waals surface area contributed by atoms with Crippen LogP contribution in [0.4, 0.5) is 0 Å². The first-order valence-electron chi connectivity index (χ1n) is 4.99. The van der Waals surface area contributed by atoms with E-state index in [4.69, 9.17) is 0 Å². The molecule has 4 heteroatoms. The van der Waals surface area contributed by atoms with Gasteiger partial charge in [-0.15, -0.1) is 0 Å². The van der Waals surface area contributed by atoms with E-state index in [9.17, 15) is 9.13 Å². The highest BCUT2D eigenvalue weighted by atomic mass is 31.2. The Labute approximate surface area is 86.9 Å². The first-order chi connectivity index (χ1) is 6.23. The van der Waals surface area contributed by atoms with Crippen LogP contribution in [0.15, 0.2) is 12.2 Å². The summed E-state index contributed by atoms with van der Waals surface area (Å²) in [5, 5.41) is 0. The first-order valence-corrected chi connectivity index (χ1v) is 10.3. The van der Waals surface area contributed by atoms with Gasteiger partial charge in [0.15, 0.2) is 0 Å². The van der Waals surface area contributed by atoms with Crippen molar-refractivity contribution >= 4 is 14.3 Å². The Kier molecular flexibility index (Phi) is 3.49. The predicted octanol–water partition coefficient (Wildman–Crippen LogP) is 3.32. The Morgan fingerprint density at radius 2 is 1.64 bits per heavy atom. The van der Waals surface area contributed by atoms with Gasteiger partial charge >= 0.3 is 0 Å². The number of hydrogen-bond donors (Lipinski definition) is 0. The highest BCUT2D eigenvalue weighted by Crippen LogP contribution is 2.58. The molecule has 0 spiro atoms. The van der Waals surface area contributed by atoms with Gasteiger partial charge < -0.3 is 9.13 Å². The Morgan fingerprint density at radius 1 is 1.07 bits per heavy atom. The molecule has 0 fully saturated rings. The van der Waals surface area contributed by atoms with E-state index in [-0.39, 0.29) is 11.3 Å². The minimum absolute atomic E-state index is 0.0390. The van der Waals surface area contributed by atoms with Crippen LogP contribution in [-0.4, -0.2) is 38.0 Å². The van der Waals surface area contributed by atoms with Crippen LogP contribution in [0, 0.1) is 0 Å². The second-order valence-electron chi connectivity index (χ2n) is 4.93. The van der Waals surface area contributed by atoms with Gasteiger partial charge in [0, 0.05) is 11.3 Å². The van der Waals surface area contributed by atoms with E-state index < -0.39 is 14.3 Å². The molecule has 0 aromatic heterocycles. The summed E-state index contributed by atoms with van der Waals surface area (Å²) in [4.78, 5) is 0. The molecule has 0 radical (unpaired) electrons. The van der Waals surface area contributed by atoms with Crippen molar-refractivity contribution < 1.29 is 9.13 Å². The van der Waals surface area contributed by atoms with Crippen LogP contribution in [-0.2, 0) is 9.13 Å². The minimum Gasteiger partial charge on any atom is -0.324 e. The number of hydrogen-bond acceptors (Lipinski definition) is 2. The molecule has 0 N–H and O–H groups in total. The van der Waals surface area contributed by atoms with Gasteiger partial charge in [0.25, 0.3) is 0 Å². The van der Waals surface area contributed by atoms with E-state index in [1.54, 1.807) is 13.3 Å². The van der Waals surface area contributed by atoms with Crippen molar-refractivity contribution in [2.45, 2.75) is 24.2 Å². The smallest absolute Gasteiger partial charge is 0.0891 e. The third-order valence-electron chi connectivity index (χ3n) is 2.87. The topological polar surface area (TPSA) is 34.1 Å². The maximum Gasteiger partial charge on any atom is 0.0891 e. The average Bonchev–Trinajstić information content (AvgIpc) is 2.01. The van der Waals surface area contributed by atoms with Crippen LogP contribution in [0.1, 0.15) is 12.8 Å². The van der Waals surface area contributed by atoms with E-state index in [0.29, 0.717) is 0 Å². The summed E-state index contributed by atoms with van der Waals surface area (Å²) in [5.74, 6) is 0. The largest absolute Gasteiger partial charge is 0.324 e. The SMILES string of the molecule is CP(C)(=O)[C@@H]1C=CCC[C@H]1P(C)(C)=O. The number of allylic oxidation sites excluding steroid dienone is 2. The Balaban J connectivity index is 3.02. The molecule has 14 heavy (non-hydrogen) atoms. The fraction of sp³-hybridized carbons (Fsp3) is 0.800. The highest BCUT2D eigenvalue weighted by Gasteiger charge is 2.37. The maximum atomic E-state index is 12.1. The zero-order valence-corrected chi connectivity index (χ0v) is 11.2. The Hall–Kier alpha value is 0.200. The summed E-state index contributed by atoms with van der Waals surface area (Å²) >= 11 is 0. The summed E-state index contributed by atoms with van der Waals surface area (Å²) in [6.45, 7) is 7.24. The molecule has 0 saturated heterocycles. The molecular formula is C10H20O2P2. The molecule has 0 bridgehead atoms. The predicted molar refractivity (Wildman–Crippen MR) is 64.9 cm³/mol.